The Labute approximate surface area is 125 Å². The molecule has 0 bridgehead atoms. The smallest absolute Gasteiger partial charge is 0.163 e. The van der Waals surface area contributed by atoms with E-state index in [4.69, 9.17) is 5.84 Å². The summed E-state index contributed by atoms with van der Waals surface area (Å²) >= 11 is 1.59. The van der Waals surface area contributed by atoms with Gasteiger partial charge in [-0.2, -0.15) is 5.10 Å². The lowest BCUT2D eigenvalue weighted by atomic mass is 10.3. The summed E-state index contributed by atoms with van der Waals surface area (Å²) in [6.07, 6.45) is 1.70. The number of aromatic nitrogens is 5. The summed E-state index contributed by atoms with van der Waals surface area (Å²) in [4.78, 5) is 15.4. The molecule has 0 aliphatic rings. The largest absolute Gasteiger partial charge is 0.308 e. The Bertz CT molecular complexity index is 735. The highest BCUT2D eigenvalue weighted by atomic mass is 32.1. The van der Waals surface area contributed by atoms with E-state index in [0.29, 0.717) is 18.2 Å². The number of hydrogen-bond donors (Lipinski definition) is 2. The molecule has 3 aromatic heterocycles. The fourth-order valence-electron chi connectivity index (χ4n) is 2.14. The fourth-order valence-corrected chi connectivity index (χ4v) is 2.69. The molecule has 0 amide bonds. The Morgan fingerprint density at radius 1 is 1.38 bits per heavy atom. The third-order valence-electron chi connectivity index (χ3n) is 3.10. The molecule has 3 N–H and O–H groups in total. The molecule has 3 heterocycles. The Kier molecular flexibility index (Phi) is 3.78. The van der Waals surface area contributed by atoms with Crippen LogP contribution in [0, 0.1) is 0 Å². The van der Waals surface area contributed by atoms with Crippen molar-refractivity contribution in [2.24, 2.45) is 12.9 Å². The average Bonchev–Trinajstić information content (AvgIpc) is 3.09. The molecular weight excluding hydrogens is 288 g/mol. The number of nitrogens with zero attached hydrogens (tertiary/aromatic N) is 6. The van der Waals surface area contributed by atoms with Crippen LogP contribution in [0.15, 0.2) is 17.1 Å². The molecule has 9 heteroatoms. The van der Waals surface area contributed by atoms with E-state index in [9.17, 15) is 0 Å². The van der Waals surface area contributed by atoms with Gasteiger partial charge in [0.15, 0.2) is 11.5 Å². The summed E-state index contributed by atoms with van der Waals surface area (Å²) in [5.74, 6) is 6.81. The van der Waals surface area contributed by atoms with E-state index in [-0.39, 0.29) is 0 Å². The third-order valence-corrected chi connectivity index (χ3v) is 3.74. The summed E-state index contributed by atoms with van der Waals surface area (Å²) in [6.45, 7) is 1.36. The normalized spacial score (nSPS) is 11.4. The fraction of sp³-hybridized carbons (Fsp3) is 0.333. The molecule has 0 unspecified atom stereocenters. The first-order valence-electron chi connectivity index (χ1n) is 6.38. The van der Waals surface area contributed by atoms with Crippen molar-refractivity contribution in [3.05, 3.63) is 28.6 Å². The van der Waals surface area contributed by atoms with Gasteiger partial charge in [-0.3, -0.25) is 9.58 Å². The van der Waals surface area contributed by atoms with Gasteiger partial charge in [0.2, 0.25) is 0 Å². The highest BCUT2D eigenvalue weighted by Crippen LogP contribution is 2.19. The van der Waals surface area contributed by atoms with E-state index in [1.807, 2.05) is 25.0 Å². The summed E-state index contributed by atoms with van der Waals surface area (Å²) in [5.41, 5.74) is 6.24. The second kappa shape index (κ2) is 5.72. The molecule has 3 rings (SSSR count). The molecule has 21 heavy (non-hydrogen) atoms. The summed E-state index contributed by atoms with van der Waals surface area (Å²) < 4.78 is 1.71. The van der Waals surface area contributed by atoms with Crippen LogP contribution in [0.4, 0.5) is 5.82 Å². The van der Waals surface area contributed by atoms with E-state index in [2.05, 4.69) is 30.4 Å². The van der Waals surface area contributed by atoms with Gasteiger partial charge in [-0.15, -0.1) is 11.3 Å². The van der Waals surface area contributed by atoms with E-state index < -0.39 is 0 Å². The van der Waals surface area contributed by atoms with Crippen molar-refractivity contribution in [3.8, 4) is 0 Å². The van der Waals surface area contributed by atoms with Crippen LogP contribution in [0.3, 0.4) is 0 Å². The number of fused-ring (bicyclic) bond motifs is 1. The third kappa shape index (κ3) is 2.84. The van der Waals surface area contributed by atoms with E-state index >= 15 is 0 Å². The maximum absolute atomic E-state index is 5.54. The van der Waals surface area contributed by atoms with Crippen LogP contribution in [-0.2, 0) is 20.1 Å². The van der Waals surface area contributed by atoms with Crippen molar-refractivity contribution in [1.29, 1.82) is 0 Å². The molecule has 0 spiro atoms. The molecule has 0 fully saturated rings. The number of hydrogen-bond acceptors (Lipinski definition) is 8. The van der Waals surface area contributed by atoms with Gasteiger partial charge in [-0.05, 0) is 7.05 Å². The monoisotopic (exact) mass is 304 g/mol. The van der Waals surface area contributed by atoms with Gasteiger partial charge in [0.05, 0.1) is 29.3 Å². The predicted molar refractivity (Wildman–Crippen MR) is 81.4 cm³/mol. The van der Waals surface area contributed by atoms with Crippen molar-refractivity contribution >= 4 is 28.2 Å². The maximum Gasteiger partial charge on any atom is 0.163 e. The predicted octanol–water partition coefficient (Wildman–Crippen LogP) is 0.737. The topological polar surface area (TPSA) is 97.8 Å². The number of anilines is 1. The van der Waals surface area contributed by atoms with Crippen LogP contribution in [0.1, 0.15) is 11.5 Å². The van der Waals surface area contributed by atoms with Crippen molar-refractivity contribution in [3.63, 3.8) is 0 Å². The Hall–Kier alpha value is -2.10. The number of aryl methyl sites for hydroxylation is 1. The quantitative estimate of drug-likeness (QED) is 0.530. The van der Waals surface area contributed by atoms with Crippen LogP contribution in [-0.4, -0.2) is 36.7 Å². The first-order chi connectivity index (χ1) is 10.2. The molecule has 8 nitrogen and oxygen atoms in total. The molecule has 0 atom stereocenters. The van der Waals surface area contributed by atoms with Gasteiger partial charge in [-0.1, -0.05) is 0 Å². The second-order valence-electron chi connectivity index (χ2n) is 4.79. The van der Waals surface area contributed by atoms with Crippen molar-refractivity contribution in [2.75, 3.05) is 12.5 Å². The first-order valence-corrected chi connectivity index (χ1v) is 7.32. The number of nitrogens with two attached hydrogens (primary N) is 1. The second-order valence-corrected chi connectivity index (χ2v) is 5.51. The molecule has 110 valence electrons. The SMILES string of the molecule is CN(Cc1cscn1)Cc1nc(NN)c2cnn(C)c2n1. The minimum atomic E-state index is 0.588. The molecule has 3 aromatic rings. The van der Waals surface area contributed by atoms with Crippen LogP contribution in [0.25, 0.3) is 11.0 Å². The van der Waals surface area contributed by atoms with Crippen LogP contribution in [0.2, 0.25) is 0 Å². The van der Waals surface area contributed by atoms with Gasteiger partial charge in [-0.25, -0.2) is 20.8 Å². The van der Waals surface area contributed by atoms with Crippen molar-refractivity contribution < 1.29 is 0 Å². The molecule has 0 radical (unpaired) electrons. The molecule has 0 aromatic carbocycles. The van der Waals surface area contributed by atoms with Gasteiger partial charge >= 0.3 is 0 Å². The Morgan fingerprint density at radius 3 is 2.95 bits per heavy atom. The number of rotatable bonds is 5. The molecule has 0 aliphatic carbocycles. The minimum absolute atomic E-state index is 0.588. The Balaban J connectivity index is 1.84. The average molecular weight is 304 g/mol. The standard InChI is InChI=1S/C12H16N8S/c1-19(4-8-6-21-7-14-8)5-10-16-11(18-13)9-3-15-20(2)12(9)17-10/h3,6-7H,4-5,13H2,1-2H3,(H,16,17,18). The van der Waals surface area contributed by atoms with E-state index in [1.165, 1.54) is 0 Å². The maximum atomic E-state index is 5.54. The highest BCUT2D eigenvalue weighted by molar-refractivity contribution is 7.07. The van der Waals surface area contributed by atoms with Crippen LogP contribution >= 0.6 is 11.3 Å². The summed E-state index contributed by atoms with van der Waals surface area (Å²) in [7, 11) is 3.85. The van der Waals surface area contributed by atoms with Gasteiger partial charge in [0.1, 0.15) is 5.82 Å². The number of thiazole rings is 1. The zero-order valence-electron chi connectivity index (χ0n) is 11.8. The zero-order valence-corrected chi connectivity index (χ0v) is 12.6. The van der Waals surface area contributed by atoms with Gasteiger partial charge < -0.3 is 5.43 Å². The Morgan fingerprint density at radius 2 is 2.24 bits per heavy atom. The van der Waals surface area contributed by atoms with Crippen LogP contribution < -0.4 is 11.3 Å². The van der Waals surface area contributed by atoms with E-state index in [1.54, 1.807) is 22.2 Å². The van der Waals surface area contributed by atoms with Crippen molar-refractivity contribution in [1.82, 2.24) is 29.6 Å². The lowest BCUT2D eigenvalue weighted by Crippen LogP contribution is -2.20. The van der Waals surface area contributed by atoms with Gasteiger partial charge in [0, 0.05) is 19.0 Å². The summed E-state index contributed by atoms with van der Waals surface area (Å²) in [6, 6.07) is 0. The van der Waals surface area contributed by atoms with Crippen molar-refractivity contribution in [2.45, 2.75) is 13.1 Å². The van der Waals surface area contributed by atoms with E-state index in [0.717, 1.165) is 23.3 Å². The molecule has 0 saturated heterocycles. The highest BCUT2D eigenvalue weighted by Gasteiger charge is 2.12. The number of nitrogen functional groups attached to an aromatic ring is 1. The number of nitrogens with one attached hydrogen (secondary N) is 1. The van der Waals surface area contributed by atoms with Gasteiger partial charge in [0.25, 0.3) is 0 Å². The minimum Gasteiger partial charge on any atom is -0.308 e. The number of hydrazine groups is 1. The first kappa shape index (κ1) is 13.9. The lowest BCUT2D eigenvalue weighted by Gasteiger charge is -2.14. The lowest BCUT2D eigenvalue weighted by molar-refractivity contribution is 0.308. The van der Waals surface area contributed by atoms with Crippen LogP contribution in [0.5, 0.6) is 0 Å². The molecule has 0 saturated carbocycles. The zero-order chi connectivity index (χ0) is 14.8. The summed E-state index contributed by atoms with van der Waals surface area (Å²) in [5, 5.41) is 7.03. The molecule has 0 aliphatic heterocycles. The molecular formula is C12H16N8S.